The maximum atomic E-state index is 9.61. The van der Waals surface area contributed by atoms with Crippen LogP contribution in [0.15, 0.2) is 24.3 Å². The Morgan fingerprint density at radius 2 is 2.07 bits per heavy atom. The van der Waals surface area contributed by atoms with E-state index < -0.39 is 0 Å². The van der Waals surface area contributed by atoms with Gasteiger partial charge >= 0.3 is 0 Å². The van der Waals surface area contributed by atoms with Gasteiger partial charge in [0.1, 0.15) is 5.75 Å². The molecule has 1 aromatic rings. The van der Waals surface area contributed by atoms with Crippen molar-refractivity contribution in [3.05, 3.63) is 29.8 Å². The van der Waals surface area contributed by atoms with E-state index in [1.807, 2.05) is 25.2 Å². The van der Waals surface area contributed by atoms with Crippen LogP contribution in [0.2, 0.25) is 0 Å². The molecule has 0 radical (unpaired) electrons. The normalized spacial score (nSPS) is 13.1. The molecule has 84 valence electrons. The highest BCUT2D eigenvalue weighted by Crippen LogP contribution is 2.17. The molecule has 0 spiro atoms. The quantitative estimate of drug-likeness (QED) is 0.803. The largest absolute Gasteiger partial charge is 0.508 e. The van der Waals surface area contributed by atoms with Crippen LogP contribution in [-0.2, 0) is 11.3 Å². The van der Waals surface area contributed by atoms with Gasteiger partial charge in [0.05, 0.1) is 6.61 Å². The molecule has 0 amide bonds. The van der Waals surface area contributed by atoms with Gasteiger partial charge in [-0.2, -0.15) is 0 Å². The van der Waals surface area contributed by atoms with Crippen molar-refractivity contribution in [1.82, 2.24) is 4.90 Å². The van der Waals surface area contributed by atoms with Crippen molar-refractivity contribution in [2.75, 3.05) is 20.8 Å². The molecule has 0 aliphatic carbocycles. The number of methoxy groups -OCH3 is 1. The summed E-state index contributed by atoms with van der Waals surface area (Å²) < 4.78 is 5.09. The van der Waals surface area contributed by atoms with Crippen molar-refractivity contribution in [2.45, 2.75) is 19.5 Å². The molecule has 0 heterocycles. The van der Waals surface area contributed by atoms with Crippen LogP contribution < -0.4 is 0 Å². The maximum Gasteiger partial charge on any atom is 0.120 e. The zero-order valence-electron chi connectivity index (χ0n) is 9.60. The van der Waals surface area contributed by atoms with Crippen LogP contribution in [0.4, 0.5) is 0 Å². The van der Waals surface area contributed by atoms with E-state index in [2.05, 4.69) is 11.8 Å². The number of aromatic hydroxyl groups is 1. The monoisotopic (exact) mass is 209 g/mol. The molecular formula is C12H19NO2. The number of nitrogens with zero attached hydrogens (tertiary/aromatic N) is 1. The molecule has 0 aliphatic heterocycles. The van der Waals surface area contributed by atoms with E-state index in [9.17, 15) is 5.11 Å². The van der Waals surface area contributed by atoms with Gasteiger partial charge in [-0.1, -0.05) is 18.2 Å². The van der Waals surface area contributed by atoms with Crippen molar-refractivity contribution in [3.63, 3.8) is 0 Å². The number of hydrogen-bond acceptors (Lipinski definition) is 3. The Bertz CT molecular complexity index is 301. The predicted molar refractivity (Wildman–Crippen MR) is 60.9 cm³/mol. The topological polar surface area (TPSA) is 32.7 Å². The average Bonchev–Trinajstić information content (AvgIpc) is 2.21. The Hall–Kier alpha value is -1.06. The highest BCUT2D eigenvalue weighted by molar-refractivity contribution is 5.31. The van der Waals surface area contributed by atoms with Crippen molar-refractivity contribution < 1.29 is 9.84 Å². The zero-order chi connectivity index (χ0) is 11.3. The van der Waals surface area contributed by atoms with Crippen LogP contribution in [0.3, 0.4) is 0 Å². The summed E-state index contributed by atoms with van der Waals surface area (Å²) in [6, 6.07) is 7.76. The summed E-state index contributed by atoms with van der Waals surface area (Å²) in [6.45, 7) is 3.53. The molecule has 1 N–H and O–H groups in total. The zero-order valence-corrected chi connectivity index (χ0v) is 9.60. The van der Waals surface area contributed by atoms with Crippen molar-refractivity contribution in [3.8, 4) is 5.75 Å². The van der Waals surface area contributed by atoms with Crippen LogP contribution in [0.25, 0.3) is 0 Å². The van der Waals surface area contributed by atoms with Crippen LogP contribution in [0.1, 0.15) is 12.5 Å². The Balaban J connectivity index is 2.58. The van der Waals surface area contributed by atoms with E-state index in [0.29, 0.717) is 18.4 Å². The van der Waals surface area contributed by atoms with Crippen LogP contribution in [0, 0.1) is 0 Å². The second-order valence-electron chi connectivity index (χ2n) is 3.85. The average molecular weight is 209 g/mol. The summed E-state index contributed by atoms with van der Waals surface area (Å²) in [5, 5.41) is 9.61. The molecule has 1 rings (SSSR count). The Morgan fingerprint density at radius 3 is 2.67 bits per heavy atom. The molecule has 3 heteroatoms. The number of rotatable bonds is 5. The Labute approximate surface area is 91.3 Å². The molecule has 0 saturated carbocycles. The lowest BCUT2D eigenvalue weighted by atomic mass is 10.2. The first-order chi connectivity index (χ1) is 7.15. The lowest BCUT2D eigenvalue weighted by Gasteiger charge is -2.24. The lowest BCUT2D eigenvalue weighted by molar-refractivity contribution is 0.111. The minimum Gasteiger partial charge on any atom is -0.508 e. The SMILES string of the molecule is COCC(C)N(C)Cc1ccccc1O. The van der Waals surface area contributed by atoms with E-state index in [1.54, 1.807) is 13.2 Å². The van der Waals surface area contributed by atoms with Crippen LogP contribution in [0.5, 0.6) is 5.75 Å². The first-order valence-electron chi connectivity index (χ1n) is 5.11. The molecule has 0 aromatic heterocycles. The molecule has 0 bridgehead atoms. The number of phenols is 1. The van der Waals surface area contributed by atoms with E-state index in [-0.39, 0.29) is 0 Å². The molecule has 0 fully saturated rings. The molecule has 15 heavy (non-hydrogen) atoms. The summed E-state index contributed by atoms with van der Waals surface area (Å²) in [5.41, 5.74) is 0.947. The summed E-state index contributed by atoms with van der Waals surface area (Å²) >= 11 is 0. The van der Waals surface area contributed by atoms with Gasteiger partial charge in [-0.15, -0.1) is 0 Å². The van der Waals surface area contributed by atoms with Crippen LogP contribution >= 0.6 is 0 Å². The highest BCUT2D eigenvalue weighted by atomic mass is 16.5. The van der Waals surface area contributed by atoms with Crippen molar-refractivity contribution in [1.29, 1.82) is 0 Å². The van der Waals surface area contributed by atoms with Gasteiger partial charge in [0, 0.05) is 25.3 Å². The second kappa shape index (κ2) is 5.73. The van der Waals surface area contributed by atoms with Gasteiger partial charge < -0.3 is 9.84 Å². The third-order valence-corrected chi connectivity index (χ3v) is 2.57. The number of phenolic OH excluding ortho intramolecular Hbond substituents is 1. The Kier molecular flexibility index (Phi) is 4.59. The smallest absolute Gasteiger partial charge is 0.120 e. The van der Waals surface area contributed by atoms with Crippen molar-refractivity contribution >= 4 is 0 Å². The minimum absolute atomic E-state index is 0.342. The number of hydrogen-bond donors (Lipinski definition) is 1. The van der Waals surface area contributed by atoms with Gasteiger partial charge in [0.25, 0.3) is 0 Å². The Morgan fingerprint density at radius 1 is 1.40 bits per heavy atom. The molecule has 0 saturated heterocycles. The second-order valence-corrected chi connectivity index (χ2v) is 3.85. The third kappa shape index (κ3) is 3.53. The number of likely N-dealkylation sites (N-methyl/N-ethyl adjacent to an activating group) is 1. The fraction of sp³-hybridized carbons (Fsp3) is 0.500. The lowest BCUT2D eigenvalue weighted by Crippen LogP contribution is -2.32. The number of benzene rings is 1. The molecule has 1 aromatic carbocycles. The standard InChI is InChI=1S/C12H19NO2/c1-10(9-15-3)13(2)8-11-6-4-5-7-12(11)14/h4-7,10,14H,8-9H2,1-3H3. The summed E-state index contributed by atoms with van der Waals surface area (Å²) in [5.74, 6) is 0.356. The molecular weight excluding hydrogens is 190 g/mol. The predicted octanol–water partition coefficient (Wildman–Crippen LogP) is 1.86. The van der Waals surface area contributed by atoms with Crippen molar-refractivity contribution in [2.24, 2.45) is 0 Å². The first-order valence-corrected chi connectivity index (χ1v) is 5.11. The van der Waals surface area contributed by atoms with E-state index in [4.69, 9.17) is 4.74 Å². The maximum absolute atomic E-state index is 9.61. The summed E-state index contributed by atoms with van der Waals surface area (Å²) in [4.78, 5) is 2.15. The van der Waals surface area contributed by atoms with Gasteiger partial charge in [0.2, 0.25) is 0 Å². The summed E-state index contributed by atoms with van der Waals surface area (Å²) in [6.07, 6.45) is 0. The first kappa shape index (κ1) is 12.0. The van der Waals surface area contributed by atoms with Gasteiger partial charge in [0.15, 0.2) is 0 Å². The fourth-order valence-electron chi connectivity index (χ4n) is 1.44. The van der Waals surface area contributed by atoms with Gasteiger partial charge in [-0.25, -0.2) is 0 Å². The summed E-state index contributed by atoms with van der Waals surface area (Å²) in [7, 11) is 3.72. The fourth-order valence-corrected chi connectivity index (χ4v) is 1.44. The van der Waals surface area contributed by atoms with E-state index in [1.165, 1.54) is 0 Å². The third-order valence-electron chi connectivity index (χ3n) is 2.57. The molecule has 0 aliphatic rings. The number of ether oxygens (including phenoxy) is 1. The van der Waals surface area contributed by atoms with E-state index >= 15 is 0 Å². The minimum atomic E-state index is 0.342. The van der Waals surface area contributed by atoms with Gasteiger partial charge in [-0.05, 0) is 20.0 Å². The van der Waals surface area contributed by atoms with Gasteiger partial charge in [-0.3, -0.25) is 4.90 Å². The molecule has 1 unspecified atom stereocenters. The molecule has 3 nitrogen and oxygen atoms in total. The van der Waals surface area contributed by atoms with Crippen LogP contribution in [-0.4, -0.2) is 36.8 Å². The number of para-hydroxylation sites is 1. The molecule has 1 atom stereocenters. The highest BCUT2D eigenvalue weighted by Gasteiger charge is 2.10. The van der Waals surface area contributed by atoms with E-state index in [0.717, 1.165) is 12.1 Å².